The zero-order chi connectivity index (χ0) is 13.3. The second-order valence-electron chi connectivity index (χ2n) is 4.03. The molecule has 0 N–H and O–H groups in total. The normalized spacial score (nSPS) is 9.80. The van der Waals surface area contributed by atoms with Gasteiger partial charge in [0.2, 0.25) is 0 Å². The van der Waals surface area contributed by atoms with E-state index in [9.17, 15) is 0 Å². The van der Waals surface area contributed by atoms with Crippen molar-refractivity contribution in [3.8, 4) is 0 Å². The fourth-order valence-electron chi connectivity index (χ4n) is 0.697. The maximum atomic E-state index is 2.31. The van der Waals surface area contributed by atoms with Crippen LogP contribution in [0.25, 0.3) is 0 Å². The lowest BCUT2D eigenvalue weighted by Crippen LogP contribution is -1.88. The Labute approximate surface area is 101 Å². The molecule has 0 spiro atoms. The topological polar surface area (TPSA) is 0 Å². The summed E-state index contributed by atoms with van der Waals surface area (Å²) in [4.78, 5) is 0. The molecule has 1 atom stereocenters. The minimum Gasteiger partial charge on any atom is -0.0683 e. The summed E-state index contributed by atoms with van der Waals surface area (Å²) >= 11 is 0. The van der Waals surface area contributed by atoms with Crippen molar-refractivity contribution < 1.29 is 0 Å². The zero-order valence-electron chi connectivity index (χ0n) is 13.3. The van der Waals surface area contributed by atoms with Crippen molar-refractivity contribution in [3.05, 3.63) is 0 Å². The van der Waals surface area contributed by atoms with E-state index in [1.54, 1.807) is 0 Å². The van der Waals surface area contributed by atoms with Gasteiger partial charge in [-0.15, -0.1) is 0 Å². The molecular formula is C15H38. The minimum atomic E-state index is 0.833. The summed E-state index contributed by atoms with van der Waals surface area (Å²) in [6, 6.07) is 0. The first-order valence-corrected chi connectivity index (χ1v) is 7.04. The van der Waals surface area contributed by atoms with Gasteiger partial charge in [-0.2, -0.15) is 0 Å². The number of hydrogen-bond acceptors (Lipinski definition) is 0. The lowest BCUT2D eigenvalue weighted by atomic mass is 10.0. The number of hydrogen-bond donors (Lipinski definition) is 0. The predicted molar refractivity (Wildman–Crippen MR) is 77.6 cm³/mol. The Bertz CT molecular complexity index is 52.3. The molecule has 0 saturated carbocycles. The first-order chi connectivity index (χ1) is 7.04. The van der Waals surface area contributed by atoms with Crippen LogP contribution in [0.4, 0.5) is 0 Å². The van der Waals surface area contributed by atoms with Crippen LogP contribution < -0.4 is 0 Å². The van der Waals surface area contributed by atoms with Gasteiger partial charge in [-0.25, -0.2) is 0 Å². The van der Waals surface area contributed by atoms with Crippen molar-refractivity contribution in [2.45, 2.75) is 88.5 Å². The highest BCUT2D eigenvalue weighted by Gasteiger charge is 1.92. The van der Waals surface area contributed by atoms with Crippen LogP contribution in [0.3, 0.4) is 0 Å². The summed E-state index contributed by atoms with van der Waals surface area (Å²) in [5.41, 5.74) is 0. The van der Waals surface area contributed by atoms with Crippen LogP contribution >= 0.6 is 0 Å². The van der Waals surface area contributed by atoms with E-state index in [4.69, 9.17) is 0 Å². The third-order valence-electron chi connectivity index (χ3n) is 1.48. The second-order valence-corrected chi connectivity index (χ2v) is 4.03. The molecule has 0 saturated heterocycles. The number of rotatable bonds is 3. The van der Waals surface area contributed by atoms with Gasteiger partial charge < -0.3 is 0 Å². The standard InChI is InChI=1S/C7H16.C4H10.2C2H6/c1-4-6-7(3)5-2;1-4(2)3;2*1-2/h7H,4-6H2,1-3H3;4H,1-3H3;2*1-2H3. The first-order valence-electron chi connectivity index (χ1n) is 7.04. The molecule has 0 rings (SSSR count). The van der Waals surface area contributed by atoms with E-state index in [1.807, 2.05) is 27.7 Å². The average Bonchev–Trinajstić information content (AvgIpc) is 2.23. The molecular weight excluding hydrogens is 180 g/mol. The van der Waals surface area contributed by atoms with Crippen LogP contribution in [0.1, 0.15) is 88.5 Å². The third-order valence-corrected chi connectivity index (χ3v) is 1.48. The average molecular weight is 218 g/mol. The third kappa shape index (κ3) is 80.6. The summed E-state index contributed by atoms with van der Waals surface area (Å²) in [6.45, 7) is 21.3. The highest BCUT2D eigenvalue weighted by molar-refractivity contribution is 4.45. The van der Waals surface area contributed by atoms with Crippen LogP contribution in [0.15, 0.2) is 0 Å². The molecule has 0 amide bonds. The monoisotopic (exact) mass is 218 g/mol. The Morgan fingerprint density at radius 3 is 1.07 bits per heavy atom. The van der Waals surface area contributed by atoms with Crippen molar-refractivity contribution in [3.63, 3.8) is 0 Å². The highest BCUT2D eigenvalue weighted by atomic mass is 14.0. The van der Waals surface area contributed by atoms with E-state index in [0.717, 1.165) is 11.8 Å². The van der Waals surface area contributed by atoms with E-state index in [-0.39, 0.29) is 0 Å². The van der Waals surface area contributed by atoms with E-state index in [2.05, 4.69) is 41.5 Å². The molecule has 0 fully saturated rings. The molecule has 0 bridgehead atoms. The van der Waals surface area contributed by atoms with Gasteiger partial charge in [0.1, 0.15) is 0 Å². The van der Waals surface area contributed by atoms with Gasteiger partial charge >= 0.3 is 0 Å². The molecule has 0 nitrogen and oxygen atoms in total. The van der Waals surface area contributed by atoms with Crippen molar-refractivity contribution >= 4 is 0 Å². The van der Waals surface area contributed by atoms with Crippen LogP contribution in [-0.2, 0) is 0 Å². The molecule has 0 aromatic heterocycles. The molecule has 0 aromatic carbocycles. The minimum absolute atomic E-state index is 0.833. The van der Waals surface area contributed by atoms with Crippen molar-refractivity contribution in [2.24, 2.45) is 11.8 Å². The molecule has 0 aliphatic carbocycles. The maximum Gasteiger partial charge on any atom is -0.0446 e. The molecule has 15 heavy (non-hydrogen) atoms. The van der Waals surface area contributed by atoms with E-state index in [0.29, 0.717) is 0 Å². The van der Waals surface area contributed by atoms with Crippen molar-refractivity contribution in [1.82, 2.24) is 0 Å². The molecule has 98 valence electrons. The van der Waals surface area contributed by atoms with Crippen LogP contribution in [0, 0.1) is 11.8 Å². The molecule has 0 heterocycles. The van der Waals surface area contributed by atoms with E-state index in [1.165, 1.54) is 19.3 Å². The summed E-state index contributed by atoms with van der Waals surface area (Å²) in [6.07, 6.45) is 4.08. The van der Waals surface area contributed by atoms with Crippen LogP contribution in [-0.4, -0.2) is 0 Å². The molecule has 0 heteroatoms. The molecule has 1 unspecified atom stereocenters. The fraction of sp³-hybridized carbons (Fsp3) is 1.00. The first kappa shape index (κ1) is 24.3. The zero-order valence-corrected chi connectivity index (χ0v) is 13.3. The Hall–Kier alpha value is 0. The molecule has 0 radical (unpaired) electrons. The summed E-state index contributed by atoms with van der Waals surface area (Å²) in [7, 11) is 0. The van der Waals surface area contributed by atoms with Crippen molar-refractivity contribution in [1.29, 1.82) is 0 Å². The van der Waals surface area contributed by atoms with Crippen molar-refractivity contribution in [2.75, 3.05) is 0 Å². The van der Waals surface area contributed by atoms with Crippen LogP contribution in [0.5, 0.6) is 0 Å². The van der Waals surface area contributed by atoms with E-state index < -0.39 is 0 Å². The Balaban J connectivity index is -0.0000000647. The summed E-state index contributed by atoms with van der Waals surface area (Å²) in [5.74, 6) is 1.78. The van der Waals surface area contributed by atoms with Gasteiger partial charge in [-0.1, -0.05) is 88.5 Å². The van der Waals surface area contributed by atoms with Gasteiger partial charge in [0, 0.05) is 0 Å². The van der Waals surface area contributed by atoms with E-state index >= 15 is 0 Å². The van der Waals surface area contributed by atoms with Crippen LogP contribution in [0.2, 0.25) is 0 Å². The lowest BCUT2D eigenvalue weighted by molar-refractivity contribution is 0.509. The van der Waals surface area contributed by atoms with Gasteiger partial charge in [-0.05, 0) is 11.8 Å². The fourth-order valence-corrected chi connectivity index (χ4v) is 0.697. The largest absolute Gasteiger partial charge is 0.0683 e. The van der Waals surface area contributed by atoms with Gasteiger partial charge in [0.15, 0.2) is 0 Å². The second kappa shape index (κ2) is 29.2. The highest BCUT2D eigenvalue weighted by Crippen LogP contribution is 2.07. The molecule has 0 aliphatic rings. The SMILES string of the molecule is CC.CC.CC(C)C.CCCC(C)CC. The van der Waals surface area contributed by atoms with Gasteiger partial charge in [0.25, 0.3) is 0 Å². The predicted octanol–water partition coefficient (Wildman–Crippen LogP) is 6.55. The summed E-state index contributed by atoms with van der Waals surface area (Å²) in [5, 5.41) is 0. The Kier molecular flexibility index (Phi) is 47.3. The Morgan fingerprint density at radius 2 is 1.00 bits per heavy atom. The maximum absolute atomic E-state index is 2.31. The summed E-state index contributed by atoms with van der Waals surface area (Å²) < 4.78 is 0. The quantitative estimate of drug-likeness (QED) is 0.504. The molecule has 0 aliphatic heterocycles. The van der Waals surface area contributed by atoms with Gasteiger partial charge in [0.05, 0.1) is 0 Å². The Morgan fingerprint density at radius 1 is 0.733 bits per heavy atom. The lowest BCUT2D eigenvalue weighted by Gasteiger charge is -2.02. The van der Waals surface area contributed by atoms with Gasteiger partial charge in [-0.3, -0.25) is 0 Å². The smallest absolute Gasteiger partial charge is 0.0446 e. The molecule has 0 aromatic rings.